The molecule has 2 atom stereocenters. The Kier molecular flexibility index (Phi) is 6.77. The van der Waals surface area contributed by atoms with Crippen LogP contribution in [0.3, 0.4) is 0 Å². The molecule has 33 heavy (non-hydrogen) atoms. The van der Waals surface area contributed by atoms with E-state index in [9.17, 15) is 4.79 Å². The van der Waals surface area contributed by atoms with Gasteiger partial charge in [0.2, 0.25) is 0 Å². The Bertz CT molecular complexity index is 1090. The lowest BCUT2D eigenvalue weighted by molar-refractivity contribution is 0.0950. The minimum Gasteiger partial charge on any atom is -0.368 e. The number of halogens is 2. The molecule has 2 aromatic carbocycles. The summed E-state index contributed by atoms with van der Waals surface area (Å²) in [6, 6.07) is 12.0. The molecule has 5 rings (SSSR count). The molecule has 2 unspecified atom stereocenters. The number of fused-ring (bicyclic) bond motifs is 3. The van der Waals surface area contributed by atoms with Crippen molar-refractivity contribution in [3.05, 3.63) is 87.4 Å². The molecule has 1 heterocycles. The Morgan fingerprint density at radius 2 is 1.79 bits per heavy atom. The Morgan fingerprint density at radius 1 is 1.00 bits per heavy atom. The van der Waals surface area contributed by atoms with Crippen LogP contribution in [-0.2, 0) is 6.42 Å². The summed E-state index contributed by atoms with van der Waals surface area (Å²) >= 11 is 12.6. The maximum atomic E-state index is 12.9. The number of benzene rings is 2. The summed E-state index contributed by atoms with van der Waals surface area (Å²) in [6.07, 6.45) is 10.7. The van der Waals surface area contributed by atoms with Crippen molar-refractivity contribution in [3.8, 4) is 0 Å². The van der Waals surface area contributed by atoms with Crippen LogP contribution in [0.4, 0.5) is 5.69 Å². The van der Waals surface area contributed by atoms with Crippen LogP contribution < -0.4 is 10.2 Å². The molecule has 1 N–H and O–H groups in total. The number of anilines is 1. The van der Waals surface area contributed by atoms with Crippen LogP contribution in [0.1, 0.15) is 33.8 Å². The van der Waals surface area contributed by atoms with Gasteiger partial charge in [0.15, 0.2) is 0 Å². The normalized spacial score (nSPS) is 21.7. The Hall–Kier alpha value is -2.27. The molecule has 0 radical (unpaired) electrons. The third-order valence-electron chi connectivity index (χ3n) is 7.09. The molecule has 0 saturated carbocycles. The van der Waals surface area contributed by atoms with E-state index in [1.807, 2.05) is 30.3 Å². The minimum absolute atomic E-state index is 0.0545. The van der Waals surface area contributed by atoms with Gasteiger partial charge in [0.1, 0.15) is 0 Å². The van der Waals surface area contributed by atoms with E-state index in [1.54, 1.807) is 0 Å². The predicted molar refractivity (Wildman–Crippen MR) is 137 cm³/mol. The lowest BCUT2D eigenvalue weighted by atomic mass is 9.89. The molecular formula is C27H29Cl2N3O. The highest BCUT2D eigenvalue weighted by Crippen LogP contribution is 2.42. The predicted octanol–water partition coefficient (Wildman–Crippen LogP) is 5.32. The van der Waals surface area contributed by atoms with Crippen molar-refractivity contribution in [3.63, 3.8) is 0 Å². The van der Waals surface area contributed by atoms with E-state index < -0.39 is 0 Å². The number of amides is 1. The second kappa shape index (κ2) is 9.92. The van der Waals surface area contributed by atoms with Crippen molar-refractivity contribution in [1.29, 1.82) is 0 Å². The van der Waals surface area contributed by atoms with Gasteiger partial charge in [0.05, 0.1) is 15.7 Å². The van der Waals surface area contributed by atoms with Crippen LogP contribution in [0, 0.1) is 5.92 Å². The zero-order valence-corrected chi connectivity index (χ0v) is 20.2. The standard InChI is InChI=1S/C27H29Cl2N3O/c28-24-10-4-11-25(26(24)29)32-16-14-31(15-17-32)13-5-12-30-27(33)22-9-3-8-21-20-7-2-1-6-19(20)18-23(21)22/h1-4,6-11,19-20H,5,12-18H2,(H,30,33). The molecule has 2 aromatic rings. The Labute approximate surface area is 205 Å². The highest BCUT2D eigenvalue weighted by molar-refractivity contribution is 6.43. The molecule has 1 saturated heterocycles. The minimum atomic E-state index is 0.0545. The van der Waals surface area contributed by atoms with Crippen molar-refractivity contribution in [2.45, 2.75) is 18.8 Å². The third-order valence-corrected chi connectivity index (χ3v) is 7.89. The number of carbonyl (C=O) groups is 1. The first kappa shape index (κ1) is 22.5. The number of rotatable bonds is 6. The number of carbonyl (C=O) groups excluding carboxylic acids is 1. The van der Waals surface area contributed by atoms with Crippen molar-refractivity contribution >= 4 is 34.8 Å². The number of nitrogens with zero attached hydrogens (tertiary/aromatic N) is 2. The van der Waals surface area contributed by atoms with Gasteiger partial charge in [-0.1, -0.05) is 65.7 Å². The maximum absolute atomic E-state index is 12.9. The van der Waals surface area contributed by atoms with Crippen LogP contribution in [0.5, 0.6) is 0 Å². The SMILES string of the molecule is O=C(NCCCN1CCN(c2cccc(Cl)c2Cl)CC1)c1cccc2c1CC1C=CC=CC21. The lowest BCUT2D eigenvalue weighted by Crippen LogP contribution is -2.47. The van der Waals surface area contributed by atoms with Gasteiger partial charge in [0.25, 0.3) is 5.91 Å². The molecule has 172 valence electrons. The lowest BCUT2D eigenvalue weighted by Gasteiger charge is -2.36. The van der Waals surface area contributed by atoms with Crippen molar-refractivity contribution in [2.75, 3.05) is 44.2 Å². The average molecular weight is 482 g/mol. The first-order chi connectivity index (χ1) is 16.1. The molecule has 1 amide bonds. The molecule has 0 spiro atoms. The number of hydrogen-bond acceptors (Lipinski definition) is 3. The fourth-order valence-electron chi connectivity index (χ4n) is 5.32. The van der Waals surface area contributed by atoms with Crippen molar-refractivity contribution in [1.82, 2.24) is 10.2 Å². The summed E-state index contributed by atoms with van der Waals surface area (Å²) in [5.74, 6) is 0.955. The van der Waals surface area contributed by atoms with Crippen LogP contribution in [0.2, 0.25) is 10.0 Å². The number of nitrogens with one attached hydrogen (secondary N) is 1. The molecule has 0 aromatic heterocycles. The number of hydrogen-bond donors (Lipinski definition) is 1. The molecular weight excluding hydrogens is 453 g/mol. The Morgan fingerprint density at radius 3 is 2.64 bits per heavy atom. The zero-order valence-electron chi connectivity index (χ0n) is 18.6. The van der Waals surface area contributed by atoms with E-state index in [2.05, 4.69) is 45.5 Å². The molecule has 4 nitrogen and oxygen atoms in total. The third kappa shape index (κ3) is 4.70. The van der Waals surface area contributed by atoms with Crippen LogP contribution in [-0.4, -0.2) is 50.1 Å². The van der Waals surface area contributed by atoms with E-state index in [1.165, 1.54) is 11.1 Å². The smallest absolute Gasteiger partial charge is 0.251 e. The topological polar surface area (TPSA) is 35.6 Å². The van der Waals surface area contributed by atoms with E-state index in [0.717, 1.165) is 56.8 Å². The number of piperazine rings is 1. The van der Waals surface area contributed by atoms with Crippen LogP contribution in [0.15, 0.2) is 60.7 Å². The van der Waals surface area contributed by atoms with Gasteiger partial charge < -0.3 is 10.2 Å². The van der Waals surface area contributed by atoms with E-state index >= 15 is 0 Å². The summed E-state index contributed by atoms with van der Waals surface area (Å²) in [5, 5.41) is 4.39. The first-order valence-electron chi connectivity index (χ1n) is 11.8. The highest BCUT2D eigenvalue weighted by Gasteiger charge is 2.32. The summed E-state index contributed by atoms with van der Waals surface area (Å²) in [5.41, 5.74) is 4.39. The van der Waals surface area contributed by atoms with E-state index in [-0.39, 0.29) is 5.91 Å². The molecule has 3 aliphatic rings. The molecule has 1 aliphatic heterocycles. The van der Waals surface area contributed by atoms with Gasteiger partial charge in [-0.3, -0.25) is 9.69 Å². The largest absolute Gasteiger partial charge is 0.368 e. The average Bonchev–Trinajstić information content (AvgIpc) is 3.23. The van der Waals surface area contributed by atoms with E-state index in [4.69, 9.17) is 23.2 Å². The maximum Gasteiger partial charge on any atom is 0.251 e. The summed E-state index contributed by atoms with van der Waals surface area (Å²) in [6.45, 7) is 5.47. The van der Waals surface area contributed by atoms with Gasteiger partial charge in [-0.15, -0.1) is 0 Å². The summed E-state index contributed by atoms with van der Waals surface area (Å²) in [4.78, 5) is 17.7. The fourth-order valence-corrected chi connectivity index (χ4v) is 5.74. The second-order valence-corrected chi connectivity index (χ2v) is 9.83. The highest BCUT2D eigenvalue weighted by atomic mass is 35.5. The second-order valence-electron chi connectivity index (χ2n) is 9.05. The molecule has 0 bridgehead atoms. The van der Waals surface area contributed by atoms with Crippen molar-refractivity contribution < 1.29 is 4.79 Å². The van der Waals surface area contributed by atoms with Gasteiger partial charge in [-0.25, -0.2) is 0 Å². The first-order valence-corrected chi connectivity index (χ1v) is 12.5. The van der Waals surface area contributed by atoms with Crippen LogP contribution in [0.25, 0.3) is 0 Å². The monoisotopic (exact) mass is 481 g/mol. The fraction of sp³-hybridized carbons (Fsp3) is 0.370. The van der Waals surface area contributed by atoms with E-state index in [0.29, 0.717) is 28.4 Å². The van der Waals surface area contributed by atoms with Gasteiger partial charge in [-0.2, -0.15) is 0 Å². The van der Waals surface area contributed by atoms with Crippen LogP contribution >= 0.6 is 23.2 Å². The summed E-state index contributed by atoms with van der Waals surface area (Å²) in [7, 11) is 0. The summed E-state index contributed by atoms with van der Waals surface area (Å²) < 4.78 is 0. The molecule has 6 heteroatoms. The quantitative estimate of drug-likeness (QED) is 0.567. The molecule has 1 fully saturated rings. The van der Waals surface area contributed by atoms with Gasteiger partial charge in [0, 0.05) is 44.2 Å². The molecule has 2 aliphatic carbocycles. The zero-order chi connectivity index (χ0) is 22.8. The Balaban J connectivity index is 1.09. The number of allylic oxidation sites excluding steroid dienone is 4. The van der Waals surface area contributed by atoms with Gasteiger partial charge in [-0.05, 0) is 54.6 Å². The van der Waals surface area contributed by atoms with Crippen molar-refractivity contribution in [2.24, 2.45) is 5.92 Å². The van der Waals surface area contributed by atoms with Gasteiger partial charge >= 0.3 is 0 Å².